The number of hydrogen-bond donors (Lipinski definition) is 2. The molecule has 0 radical (unpaired) electrons. The van der Waals surface area contributed by atoms with Crippen molar-refractivity contribution in [2.24, 2.45) is 0 Å². The minimum absolute atomic E-state index is 0.0318. The second kappa shape index (κ2) is 8.55. The van der Waals surface area contributed by atoms with Crippen LogP contribution in [0.2, 0.25) is 0 Å². The summed E-state index contributed by atoms with van der Waals surface area (Å²) >= 11 is 0. The van der Waals surface area contributed by atoms with E-state index in [1.807, 2.05) is 0 Å². The van der Waals surface area contributed by atoms with Gasteiger partial charge in [0, 0.05) is 25.4 Å². The fourth-order valence-corrected chi connectivity index (χ4v) is 2.29. The predicted molar refractivity (Wildman–Crippen MR) is 74.1 cm³/mol. The van der Waals surface area contributed by atoms with Gasteiger partial charge in [-0.1, -0.05) is 12.8 Å². The maximum atomic E-state index is 11.9. The maximum absolute atomic E-state index is 11.9. The van der Waals surface area contributed by atoms with Crippen LogP contribution in [-0.4, -0.2) is 46.9 Å². The normalized spacial score (nSPS) is 18.1. The standard InChI is InChI=1S/C14H24N2O4/c1-11(7-8-14(19)20)15-12(17)10-16-9-5-3-2-4-6-13(16)18/h11H,2-10H2,1H3,(H,15,17)(H,19,20). The van der Waals surface area contributed by atoms with Crippen LogP contribution in [0.5, 0.6) is 0 Å². The highest BCUT2D eigenvalue weighted by atomic mass is 16.4. The lowest BCUT2D eigenvalue weighted by atomic mass is 10.1. The topological polar surface area (TPSA) is 86.7 Å². The first-order valence-corrected chi connectivity index (χ1v) is 7.28. The highest BCUT2D eigenvalue weighted by molar-refractivity contribution is 5.85. The molecule has 1 rings (SSSR count). The Morgan fingerprint density at radius 2 is 2.00 bits per heavy atom. The molecule has 20 heavy (non-hydrogen) atoms. The third-order valence-electron chi connectivity index (χ3n) is 3.45. The van der Waals surface area contributed by atoms with Crippen LogP contribution in [0, 0.1) is 0 Å². The van der Waals surface area contributed by atoms with Crippen molar-refractivity contribution < 1.29 is 19.5 Å². The Bertz CT molecular complexity index is 357. The van der Waals surface area contributed by atoms with Crippen molar-refractivity contribution in [3.8, 4) is 0 Å². The summed E-state index contributed by atoms with van der Waals surface area (Å²) in [6.45, 7) is 2.49. The molecule has 1 aliphatic rings. The maximum Gasteiger partial charge on any atom is 0.303 e. The lowest BCUT2D eigenvalue weighted by Gasteiger charge is -2.25. The van der Waals surface area contributed by atoms with E-state index in [0.29, 0.717) is 19.4 Å². The predicted octanol–water partition coefficient (Wildman–Crippen LogP) is 1.15. The molecule has 0 saturated carbocycles. The summed E-state index contributed by atoms with van der Waals surface area (Å²) in [5, 5.41) is 11.3. The molecule has 2 N–H and O–H groups in total. The van der Waals surface area contributed by atoms with Crippen LogP contribution in [0.4, 0.5) is 0 Å². The zero-order valence-electron chi connectivity index (χ0n) is 12.1. The third kappa shape index (κ3) is 6.54. The number of rotatable bonds is 6. The van der Waals surface area contributed by atoms with Crippen LogP contribution in [0.1, 0.15) is 51.9 Å². The molecular formula is C14H24N2O4. The van der Waals surface area contributed by atoms with Crippen molar-refractivity contribution in [2.75, 3.05) is 13.1 Å². The molecule has 0 aliphatic carbocycles. The average molecular weight is 284 g/mol. The molecule has 1 fully saturated rings. The summed E-state index contributed by atoms with van der Waals surface area (Å²) in [4.78, 5) is 35.8. The Hall–Kier alpha value is -1.59. The van der Waals surface area contributed by atoms with Gasteiger partial charge < -0.3 is 15.3 Å². The number of carboxylic acids is 1. The molecule has 114 valence electrons. The number of likely N-dealkylation sites (tertiary alicyclic amines) is 1. The van der Waals surface area contributed by atoms with Crippen LogP contribution in [-0.2, 0) is 14.4 Å². The zero-order valence-corrected chi connectivity index (χ0v) is 12.1. The second-order valence-corrected chi connectivity index (χ2v) is 5.38. The molecule has 1 heterocycles. The molecule has 6 nitrogen and oxygen atoms in total. The van der Waals surface area contributed by atoms with E-state index in [0.717, 1.165) is 25.7 Å². The molecule has 2 amide bonds. The first-order valence-electron chi connectivity index (χ1n) is 7.28. The van der Waals surface area contributed by atoms with Crippen molar-refractivity contribution in [3.63, 3.8) is 0 Å². The Morgan fingerprint density at radius 3 is 2.70 bits per heavy atom. The third-order valence-corrected chi connectivity index (χ3v) is 3.45. The molecule has 0 aromatic rings. The largest absolute Gasteiger partial charge is 0.481 e. The fourth-order valence-electron chi connectivity index (χ4n) is 2.29. The molecule has 1 unspecified atom stereocenters. The van der Waals surface area contributed by atoms with Gasteiger partial charge in [-0.2, -0.15) is 0 Å². The van der Waals surface area contributed by atoms with Crippen molar-refractivity contribution in [1.29, 1.82) is 0 Å². The van der Waals surface area contributed by atoms with E-state index in [-0.39, 0.29) is 30.8 Å². The molecule has 0 spiro atoms. The summed E-state index contributed by atoms with van der Waals surface area (Å²) in [6, 6.07) is -0.191. The monoisotopic (exact) mass is 284 g/mol. The van der Waals surface area contributed by atoms with E-state index < -0.39 is 5.97 Å². The van der Waals surface area contributed by atoms with Gasteiger partial charge in [0.05, 0.1) is 6.54 Å². The van der Waals surface area contributed by atoms with Crippen molar-refractivity contribution in [1.82, 2.24) is 10.2 Å². The van der Waals surface area contributed by atoms with Gasteiger partial charge in [-0.05, 0) is 26.2 Å². The van der Waals surface area contributed by atoms with Gasteiger partial charge in [0.25, 0.3) is 0 Å². The van der Waals surface area contributed by atoms with Gasteiger partial charge in [0.2, 0.25) is 11.8 Å². The van der Waals surface area contributed by atoms with Gasteiger partial charge >= 0.3 is 5.97 Å². The highest BCUT2D eigenvalue weighted by Crippen LogP contribution is 2.11. The SMILES string of the molecule is CC(CCC(=O)O)NC(=O)CN1CCCCCCC1=O. The van der Waals surface area contributed by atoms with Crippen molar-refractivity contribution >= 4 is 17.8 Å². The van der Waals surface area contributed by atoms with E-state index in [1.165, 1.54) is 0 Å². The molecule has 0 bridgehead atoms. The minimum atomic E-state index is -0.870. The highest BCUT2D eigenvalue weighted by Gasteiger charge is 2.19. The molecule has 0 aromatic heterocycles. The van der Waals surface area contributed by atoms with Gasteiger partial charge in [-0.25, -0.2) is 0 Å². The number of carboxylic acid groups (broad SMARTS) is 1. The molecule has 6 heteroatoms. The Kier molecular flexibility index (Phi) is 7.04. The van der Waals surface area contributed by atoms with Gasteiger partial charge in [-0.3, -0.25) is 14.4 Å². The van der Waals surface area contributed by atoms with Gasteiger partial charge in [0.1, 0.15) is 0 Å². The lowest BCUT2D eigenvalue weighted by Crippen LogP contribution is -2.44. The van der Waals surface area contributed by atoms with Crippen molar-refractivity contribution in [2.45, 2.75) is 57.9 Å². The number of nitrogens with zero attached hydrogens (tertiary/aromatic N) is 1. The van der Waals surface area contributed by atoms with E-state index in [1.54, 1.807) is 11.8 Å². The number of hydrogen-bond acceptors (Lipinski definition) is 3. The van der Waals surface area contributed by atoms with Gasteiger partial charge in [-0.15, -0.1) is 0 Å². The number of carbonyl (C=O) groups excluding carboxylic acids is 2. The smallest absolute Gasteiger partial charge is 0.303 e. The van der Waals surface area contributed by atoms with E-state index >= 15 is 0 Å². The summed E-state index contributed by atoms with van der Waals surface area (Å²) in [7, 11) is 0. The summed E-state index contributed by atoms with van der Waals surface area (Å²) in [5.74, 6) is -1.04. The first-order chi connectivity index (χ1) is 9.49. The quantitative estimate of drug-likeness (QED) is 0.766. The number of nitrogens with one attached hydrogen (secondary N) is 1. The number of carbonyl (C=O) groups is 3. The van der Waals surface area contributed by atoms with Gasteiger partial charge in [0.15, 0.2) is 0 Å². The lowest BCUT2D eigenvalue weighted by molar-refractivity contribution is -0.137. The Morgan fingerprint density at radius 1 is 1.30 bits per heavy atom. The van der Waals surface area contributed by atoms with Crippen LogP contribution < -0.4 is 5.32 Å². The first kappa shape index (κ1) is 16.5. The fraction of sp³-hybridized carbons (Fsp3) is 0.786. The molecule has 1 aliphatic heterocycles. The second-order valence-electron chi connectivity index (χ2n) is 5.38. The van der Waals surface area contributed by atoms with E-state index in [9.17, 15) is 14.4 Å². The van der Waals surface area contributed by atoms with Crippen LogP contribution in [0.3, 0.4) is 0 Å². The van der Waals surface area contributed by atoms with E-state index in [2.05, 4.69) is 5.32 Å². The van der Waals surface area contributed by atoms with Crippen molar-refractivity contribution in [3.05, 3.63) is 0 Å². The average Bonchev–Trinajstić information content (AvgIpc) is 2.36. The van der Waals surface area contributed by atoms with Crippen LogP contribution in [0.15, 0.2) is 0 Å². The number of aliphatic carboxylic acids is 1. The molecular weight excluding hydrogens is 260 g/mol. The molecule has 1 saturated heterocycles. The molecule has 1 atom stereocenters. The van der Waals surface area contributed by atoms with E-state index in [4.69, 9.17) is 5.11 Å². The number of amides is 2. The van der Waals surface area contributed by atoms with Crippen LogP contribution in [0.25, 0.3) is 0 Å². The summed E-state index contributed by atoms with van der Waals surface area (Å²) < 4.78 is 0. The Labute approximate surface area is 119 Å². The Balaban J connectivity index is 2.35. The minimum Gasteiger partial charge on any atom is -0.481 e. The summed E-state index contributed by atoms with van der Waals surface area (Å²) in [5.41, 5.74) is 0. The van der Waals surface area contributed by atoms with Crippen LogP contribution >= 0.6 is 0 Å². The summed E-state index contributed by atoms with van der Waals surface area (Å²) in [6.07, 6.45) is 4.96. The zero-order chi connectivity index (χ0) is 15.0. The molecule has 0 aromatic carbocycles.